The van der Waals surface area contributed by atoms with E-state index in [4.69, 9.17) is 9.47 Å². The van der Waals surface area contributed by atoms with Gasteiger partial charge >= 0.3 is 6.18 Å². The first-order valence-corrected chi connectivity index (χ1v) is 10.7. The number of anilines is 1. The summed E-state index contributed by atoms with van der Waals surface area (Å²) in [4.78, 5) is 3.45. The number of hydrogen-bond donors (Lipinski definition) is 0. The maximum absolute atomic E-state index is 13.8. The summed E-state index contributed by atoms with van der Waals surface area (Å²) in [5, 5.41) is 0. The molecule has 1 aliphatic rings. The van der Waals surface area contributed by atoms with Crippen LogP contribution in [-0.2, 0) is 16.2 Å². The van der Waals surface area contributed by atoms with Crippen molar-refractivity contribution in [3.63, 3.8) is 0 Å². The fourth-order valence-electron chi connectivity index (χ4n) is 3.28. The second-order valence-electron chi connectivity index (χ2n) is 6.81. The van der Waals surface area contributed by atoms with Gasteiger partial charge in [-0.3, -0.25) is 4.31 Å². The fourth-order valence-corrected chi connectivity index (χ4v) is 4.75. The van der Waals surface area contributed by atoms with Gasteiger partial charge in [0.05, 0.1) is 29.9 Å². The standard InChI is InChI=1S/C21H16F4N2O4S/c1-30-19-12-14(6-7-15(19)22)32(28,29)27-9-10-31-18-8-5-13(11-17(18)27)16-3-2-4-20(26-16)21(23,24)25/h2-8,11-12H,9-10H2,1H3. The average molecular weight is 468 g/mol. The maximum Gasteiger partial charge on any atom is 0.433 e. The Kier molecular flexibility index (Phi) is 5.45. The van der Waals surface area contributed by atoms with Crippen LogP contribution in [0.2, 0.25) is 0 Å². The lowest BCUT2D eigenvalue weighted by Gasteiger charge is -2.31. The van der Waals surface area contributed by atoms with E-state index in [-0.39, 0.29) is 46.5 Å². The minimum atomic E-state index is -4.62. The molecule has 0 amide bonds. The summed E-state index contributed by atoms with van der Waals surface area (Å²) in [6.07, 6.45) is -4.62. The normalized spacial score (nSPS) is 14.0. The second-order valence-corrected chi connectivity index (χ2v) is 8.67. The van der Waals surface area contributed by atoms with E-state index in [1.807, 2.05) is 0 Å². The molecule has 2 heterocycles. The molecule has 0 unspecified atom stereocenters. The number of fused-ring (bicyclic) bond motifs is 1. The topological polar surface area (TPSA) is 68.7 Å². The molecule has 1 aliphatic heterocycles. The number of nitrogens with zero attached hydrogens (tertiary/aromatic N) is 2. The lowest BCUT2D eigenvalue weighted by molar-refractivity contribution is -0.141. The zero-order valence-corrected chi connectivity index (χ0v) is 17.4. The van der Waals surface area contributed by atoms with Crippen LogP contribution in [0.5, 0.6) is 11.5 Å². The summed E-state index contributed by atoms with van der Waals surface area (Å²) in [5.74, 6) is -0.710. The Bertz CT molecular complexity index is 1280. The third kappa shape index (κ3) is 3.95. The van der Waals surface area contributed by atoms with Crippen molar-refractivity contribution >= 4 is 15.7 Å². The maximum atomic E-state index is 13.8. The van der Waals surface area contributed by atoms with Gasteiger partial charge in [-0.2, -0.15) is 13.2 Å². The van der Waals surface area contributed by atoms with E-state index in [9.17, 15) is 26.0 Å². The number of methoxy groups -OCH3 is 1. The van der Waals surface area contributed by atoms with Crippen molar-refractivity contribution < 1.29 is 35.5 Å². The second kappa shape index (κ2) is 7.97. The first-order chi connectivity index (χ1) is 15.1. The van der Waals surface area contributed by atoms with E-state index >= 15 is 0 Å². The molecule has 168 valence electrons. The molecule has 0 spiro atoms. The van der Waals surface area contributed by atoms with Gasteiger partial charge in [0.15, 0.2) is 11.6 Å². The highest BCUT2D eigenvalue weighted by Crippen LogP contribution is 2.39. The lowest BCUT2D eigenvalue weighted by Crippen LogP contribution is -2.38. The molecule has 0 N–H and O–H groups in total. The van der Waals surface area contributed by atoms with Crippen LogP contribution >= 0.6 is 0 Å². The van der Waals surface area contributed by atoms with Gasteiger partial charge in [0.2, 0.25) is 0 Å². The Morgan fingerprint density at radius 3 is 2.59 bits per heavy atom. The Morgan fingerprint density at radius 2 is 1.88 bits per heavy atom. The molecule has 0 aliphatic carbocycles. The number of halogens is 4. The van der Waals surface area contributed by atoms with E-state index < -0.39 is 27.7 Å². The van der Waals surface area contributed by atoms with Crippen LogP contribution in [0.3, 0.4) is 0 Å². The average Bonchev–Trinajstić information content (AvgIpc) is 2.78. The quantitative estimate of drug-likeness (QED) is 0.528. The first-order valence-electron chi connectivity index (χ1n) is 9.29. The van der Waals surface area contributed by atoms with Gasteiger partial charge in [-0.05, 0) is 42.5 Å². The van der Waals surface area contributed by atoms with Crippen LogP contribution in [0.25, 0.3) is 11.3 Å². The van der Waals surface area contributed by atoms with E-state index in [1.165, 1.54) is 37.4 Å². The summed E-state index contributed by atoms with van der Waals surface area (Å²) in [6.45, 7) is 0.0141. The Morgan fingerprint density at radius 1 is 1.09 bits per heavy atom. The Balaban J connectivity index is 1.79. The fraction of sp³-hybridized carbons (Fsp3) is 0.190. The third-order valence-electron chi connectivity index (χ3n) is 4.83. The zero-order chi connectivity index (χ0) is 23.1. The number of pyridine rings is 1. The molecule has 1 aromatic heterocycles. The van der Waals surface area contributed by atoms with Crippen LogP contribution in [0.15, 0.2) is 59.5 Å². The SMILES string of the molecule is COc1cc(S(=O)(=O)N2CCOc3ccc(-c4cccc(C(F)(F)F)n4)cc32)ccc1F. The predicted molar refractivity (Wildman–Crippen MR) is 108 cm³/mol. The molecule has 0 fully saturated rings. The molecule has 4 rings (SSSR count). The third-order valence-corrected chi connectivity index (χ3v) is 6.63. The number of sulfonamides is 1. The van der Waals surface area contributed by atoms with Crippen molar-refractivity contribution in [3.05, 3.63) is 66.1 Å². The van der Waals surface area contributed by atoms with Crippen LogP contribution in [0.1, 0.15) is 5.69 Å². The molecule has 11 heteroatoms. The monoisotopic (exact) mass is 468 g/mol. The van der Waals surface area contributed by atoms with Crippen LogP contribution in [0, 0.1) is 5.82 Å². The molecular formula is C21H16F4N2O4S. The summed E-state index contributed by atoms with van der Waals surface area (Å²) >= 11 is 0. The van der Waals surface area contributed by atoms with Crippen molar-refractivity contribution in [2.24, 2.45) is 0 Å². The molecule has 0 saturated carbocycles. The summed E-state index contributed by atoms with van der Waals surface area (Å²) in [5.41, 5.74) is -0.630. The molecule has 0 bridgehead atoms. The van der Waals surface area contributed by atoms with E-state index in [2.05, 4.69) is 4.98 Å². The van der Waals surface area contributed by atoms with Crippen LogP contribution < -0.4 is 13.8 Å². The van der Waals surface area contributed by atoms with Crippen molar-refractivity contribution in [2.45, 2.75) is 11.1 Å². The van der Waals surface area contributed by atoms with Gasteiger partial charge in [-0.25, -0.2) is 17.8 Å². The van der Waals surface area contributed by atoms with E-state index in [0.29, 0.717) is 0 Å². The number of hydrogen-bond acceptors (Lipinski definition) is 5. The van der Waals surface area contributed by atoms with Gasteiger partial charge in [0.1, 0.15) is 18.1 Å². The van der Waals surface area contributed by atoms with Crippen LogP contribution in [0.4, 0.5) is 23.2 Å². The Hall–Kier alpha value is -3.34. The number of rotatable bonds is 4. The van der Waals surface area contributed by atoms with Gasteiger partial charge < -0.3 is 9.47 Å². The number of aromatic nitrogens is 1. The van der Waals surface area contributed by atoms with Gasteiger partial charge in [0.25, 0.3) is 10.0 Å². The highest BCUT2D eigenvalue weighted by Gasteiger charge is 2.33. The minimum absolute atomic E-state index is 0.0222. The van der Waals surface area contributed by atoms with E-state index in [0.717, 1.165) is 28.6 Å². The van der Waals surface area contributed by atoms with Crippen molar-refractivity contribution in [3.8, 4) is 22.8 Å². The molecule has 0 radical (unpaired) electrons. The summed E-state index contributed by atoms with van der Waals surface area (Å²) in [7, 11) is -2.93. The molecule has 2 aromatic carbocycles. The van der Waals surface area contributed by atoms with Gasteiger partial charge in [-0.15, -0.1) is 0 Å². The molecule has 0 saturated heterocycles. The molecule has 32 heavy (non-hydrogen) atoms. The molecule has 3 aromatic rings. The smallest absolute Gasteiger partial charge is 0.433 e. The molecular weight excluding hydrogens is 452 g/mol. The minimum Gasteiger partial charge on any atom is -0.494 e. The van der Waals surface area contributed by atoms with Crippen molar-refractivity contribution in [1.29, 1.82) is 0 Å². The lowest BCUT2D eigenvalue weighted by atomic mass is 10.1. The highest BCUT2D eigenvalue weighted by atomic mass is 32.2. The number of alkyl halides is 3. The highest BCUT2D eigenvalue weighted by molar-refractivity contribution is 7.92. The zero-order valence-electron chi connectivity index (χ0n) is 16.6. The Labute approximate surface area is 181 Å². The predicted octanol–water partition coefficient (Wildman–Crippen LogP) is 4.50. The largest absolute Gasteiger partial charge is 0.494 e. The van der Waals surface area contributed by atoms with Gasteiger partial charge in [0, 0.05) is 11.6 Å². The molecule has 0 atom stereocenters. The van der Waals surface area contributed by atoms with Crippen molar-refractivity contribution in [1.82, 2.24) is 4.98 Å². The van der Waals surface area contributed by atoms with E-state index in [1.54, 1.807) is 0 Å². The van der Waals surface area contributed by atoms with Crippen LogP contribution in [-0.4, -0.2) is 33.7 Å². The first kappa shape index (κ1) is 21.9. The number of benzene rings is 2. The van der Waals surface area contributed by atoms with Crippen molar-refractivity contribution in [2.75, 3.05) is 24.6 Å². The summed E-state index contributed by atoms with van der Waals surface area (Å²) in [6, 6.07) is 11.0. The molecule has 6 nitrogen and oxygen atoms in total. The summed E-state index contributed by atoms with van der Waals surface area (Å²) < 4.78 is 90.9. The van der Waals surface area contributed by atoms with Gasteiger partial charge in [-0.1, -0.05) is 6.07 Å². The number of ether oxygens (including phenoxy) is 2.